The first-order chi connectivity index (χ1) is 7.49. The second-order valence-corrected chi connectivity index (χ2v) is 2.70. The number of aliphatic carboxylic acids is 1. The first-order valence-electron chi connectivity index (χ1n) is 4.33. The molecule has 0 fully saturated rings. The van der Waals surface area contributed by atoms with Gasteiger partial charge in [0.1, 0.15) is 12.7 Å². The van der Waals surface area contributed by atoms with Crippen LogP contribution in [0.25, 0.3) is 0 Å². The van der Waals surface area contributed by atoms with Crippen molar-refractivity contribution in [2.75, 3.05) is 6.61 Å². The van der Waals surface area contributed by atoms with Crippen molar-refractivity contribution in [2.45, 2.75) is 12.5 Å². The molecule has 1 unspecified atom stereocenters. The van der Waals surface area contributed by atoms with Gasteiger partial charge in [0.05, 0.1) is 6.42 Å². The van der Waals surface area contributed by atoms with Gasteiger partial charge in [0.25, 0.3) is 0 Å². The van der Waals surface area contributed by atoms with E-state index in [0.29, 0.717) is 0 Å². The Hall–Kier alpha value is -2.11. The minimum Gasteiger partial charge on any atom is -0.481 e. The Morgan fingerprint density at radius 2 is 1.75 bits per heavy atom. The molecule has 0 heterocycles. The molecule has 88 valence electrons. The summed E-state index contributed by atoms with van der Waals surface area (Å²) in [5.41, 5.74) is 0. The largest absolute Gasteiger partial charge is 0.481 e. The Bertz CT molecular complexity index is 306. The van der Waals surface area contributed by atoms with Crippen LogP contribution in [0.15, 0.2) is 25.3 Å². The van der Waals surface area contributed by atoms with Crippen LogP contribution in [0, 0.1) is 0 Å². The van der Waals surface area contributed by atoms with Crippen molar-refractivity contribution < 1.29 is 29.0 Å². The fraction of sp³-hybridized carbons (Fsp3) is 0.300. The number of rotatable bonds is 7. The molecule has 0 rings (SSSR count). The Morgan fingerprint density at radius 3 is 2.19 bits per heavy atom. The minimum absolute atomic E-state index is 0.337. The van der Waals surface area contributed by atoms with E-state index in [1.165, 1.54) is 0 Å². The number of hydrogen-bond donors (Lipinski definition) is 1. The van der Waals surface area contributed by atoms with Crippen molar-refractivity contribution in [2.24, 2.45) is 0 Å². The first-order valence-corrected chi connectivity index (χ1v) is 4.33. The van der Waals surface area contributed by atoms with Crippen LogP contribution < -0.4 is 0 Å². The lowest BCUT2D eigenvalue weighted by Crippen LogP contribution is -2.26. The quantitative estimate of drug-likeness (QED) is 0.497. The smallest absolute Gasteiger partial charge is 0.330 e. The van der Waals surface area contributed by atoms with Gasteiger partial charge in [-0.3, -0.25) is 4.79 Å². The third kappa shape index (κ3) is 6.36. The third-order valence-corrected chi connectivity index (χ3v) is 1.43. The Labute approximate surface area is 92.2 Å². The average molecular weight is 228 g/mol. The lowest BCUT2D eigenvalue weighted by atomic mass is 10.2. The van der Waals surface area contributed by atoms with Gasteiger partial charge >= 0.3 is 17.9 Å². The lowest BCUT2D eigenvalue weighted by molar-refractivity contribution is -0.157. The molecule has 0 aromatic heterocycles. The van der Waals surface area contributed by atoms with Gasteiger partial charge in [-0.1, -0.05) is 13.2 Å². The molecule has 0 radical (unpaired) electrons. The van der Waals surface area contributed by atoms with Crippen molar-refractivity contribution in [1.82, 2.24) is 0 Å². The summed E-state index contributed by atoms with van der Waals surface area (Å²) in [5.74, 6) is -2.66. The molecule has 16 heavy (non-hydrogen) atoms. The number of carbonyl (C=O) groups excluding carboxylic acids is 2. The molecule has 0 aromatic rings. The molecular formula is C10H12O6. The van der Waals surface area contributed by atoms with Crippen molar-refractivity contribution in [3.05, 3.63) is 25.3 Å². The standard InChI is InChI=1S/C10H12O6/c1-3-9(13)15-6-7(5-8(11)12)16-10(14)4-2/h3-4,7H,1-2,5-6H2,(H,11,12). The summed E-state index contributed by atoms with van der Waals surface area (Å²) in [6.07, 6.45) is 0.327. The van der Waals surface area contributed by atoms with Crippen LogP contribution in [0.3, 0.4) is 0 Å². The summed E-state index contributed by atoms with van der Waals surface area (Å²) in [6, 6.07) is 0. The van der Waals surface area contributed by atoms with Crippen molar-refractivity contribution in [3.63, 3.8) is 0 Å². The Morgan fingerprint density at radius 1 is 1.19 bits per heavy atom. The average Bonchev–Trinajstić information content (AvgIpc) is 2.24. The number of carboxylic acid groups (broad SMARTS) is 1. The lowest BCUT2D eigenvalue weighted by Gasteiger charge is -2.14. The molecule has 0 amide bonds. The van der Waals surface area contributed by atoms with E-state index in [1.54, 1.807) is 0 Å². The van der Waals surface area contributed by atoms with Gasteiger partial charge in [0.15, 0.2) is 0 Å². The van der Waals surface area contributed by atoms with E-state index in [4.69, 9.17) is 5.11 Å². The second-order valence-electron chi connectivity index (χ2n) is 2.70. The first kappa shape index (κ1) is 13.9. The van der Waals surface area contributed by atoms with Crippen molar-refractivity contribution in [1.29, 1.82) is 0 Å². The maximum absolute atomic E-state index is 10.8. The minimum atomic E-state index is -1.17. The number of carboxylic acids is 1. The molecule has 0 bridgehead atoms. The fourth-order valence-electron chi connectivity index (χ4n) is 0.776. The van der Waals surface area contributed by atoms with Crippen LogP contribution in [0.1, 0.15) is 6.42 Å². The molecule has 0 aliphatic heterocycles. The highest BCUT2D eigenvalue weighted by Gasteiger charge is 2.18. The summed E-state index contributed by atoms with van der Waals surface area (Å²) in [5, 5.41) is 8.51. The summed E-state index contributed by atoms with van der Waals surface area (Å²) < 4.78 is 9.22. The molecule has 0 spiro atoms. The third-order valence-electron chi connectivity index (χ3n) is 1.43. The maximum atomic E-state index is 10.8. The van der Waals surface area contributed by atoms with Crippen LogP contribution in [-0.2, 0) is 23.9 Å². The molecule has 0 aliphatic rings. The van der Waals surface area contributed by atoms with Gasteiger partial charge in [-0.25, -0.2) is 9.59 Å². The number of esters is 2. The summed E-state index contributed by atoms with van der Waals surface area (Å²) >= 11 is 0. The van der Waals surface area contributed by atoms with E-state index in [-0.39, 0.29) is 6.61 Å². The topological polar surface area (TPSA) is 89.9 Å². The highest BCUT2D eigenvalue weighted by Crippen LogP contribution is 2.01. The molecule has 0 aromatic carbocycles. The van der Waals surface area contributed by atoms with Crippen LogP contribution in [-0.4, -0.2) is 35.7 Å². The van der Waals surface area contributed by atoms with E-state index in [0.717, 1.165) is 12.2 Å². The predicted molar refractivity (Wildman–Crippen MR) is 53.5 cm³/mol. The van der Waals surface area contributed by atoms with E-state index >= 15 is 0 Å². The zero-order chi connectivity index (χ0) is 12.6. The van der Waals surface area contributed by atoms with Crippen molar-refractivity contribution >= 4 is 17.9 Å². The van der Waals surface area contributed by atoms with E-state index in [2.05, 4.69) is 22.6 Å². The SMILES string of the molecule is C=CC(=O)OCC(CC(=O)O)OC(=O)C=C. The highest BCUT2D eigenvalue weighted by atomic mass is 16.6. The fourth-order valence-corrected chi connectivity index (χ4v) is 0.776. The molecule has 0 saturated heterocycles. The highest BCUT2D eigenvalue weighted by molar-refractivity contribution is 5.82. The summed E-state index contributed by atoms with van der Waals surface area (Å²) in [7, 11) is 0. The van der Waals surface area contributed by atoms with Crippen LogP contribution in [0.4, 0.5) is 0 Å². The van der Waals surface area contributed by atoms with E-state index in [1.807, 2.05) is 0 Å². The number of carbonyl (C=O) groups is 3. The number of ether oxygens (including phenoxy) is 2. The molecule has 6 nitrogen and oxygen atoms in total. The van der Waals surface area contributed by atoms with Gasteiger partial charge in [0, 0.05) is 12.2 Å². The van der Waals surface area contributed by atoms with Crippen LogP contribution in [0.5, 0.6) is 0 Å². The second kappa shape index (κ2) is 7.22. The van der Waals surface area contributed by atoms with Gasteiger partial charge in [-0.2, -0.15) is 0 Å². The molecule has 1 atom stereocenters. The molecule has 6 heteroatoms. The monoisotopic (exact) mass is 228 g/mol. The summed E-state index contributed by atoms with van der Waals surface area (Å²) in [4.78, 5) is 31.9. The molecular weight excluding hydrogens is 216 g/mol. The van der Waals surface area contributed by atoms with Gasteiger partial charge in [-0.05, 0) is 0 Å². The van der Waals surface area contributed by atoms with Crippen LogP contribution in [0.2, 0.25) is 0 Å². The van der Waals surface area contributed by atoms with Crippen LogP contribution >= 0.6 is 0 Å². The van der Waals surface area contributed by atoms with Gasteiger partial charge < -0.3 is 14.6 Å². The van der Waals surface area contributed by atoms with Crippen molar-refractivity contribution in [3.8, 4) is 0 Å². The zero-order valence-electron chi connectivity index (χ0n) is 8.55. The van der Waals surface area contributed by atoms with E-state index in [9.17, 15) is 14.4 Å². The Balaban J connectivity index is 4.24. The molecule has 0 aliphatic carbocycles. The molecule has 1 N–H and O–H groups in total. The van der Waals surface area contributed by atoms with E-state index < -0.39 is 30.4 Å². The molecule has 0 saturated carbocycles. The predicted octanol–water partition coefficient (Wildman–Crippen LogP) is 0.288. The van der Waals surface area contributed by atoms with Gasteiger partial charge in [-0.15, -0.1) is 0 Å². The zero-order valence-corrected chi connectivity index (χ0v) is 8.55. The summed E-state index contributed by atoms with van der Waals surface area (Å²) in [6.45, 7) is 5.98. The number of hydrogen-bond acceptors (Lipinski definition) is 5. The van der Waals surface area contributed by atoms with Gasteiger partial charge in [0.2, 0.25) is 0 Å². The normalized spacial score (nSPS) is 11.0. The Kier molecular flexibility index (Phi) is 6.27. The maximum Gasteiger partial charge on any atom is 0.330 e.